The number of carbonyl (C=O) groups is 2. The van der Waals surface area contributed by atoms with E-state index in [9.17, 15) is 18.0 Å². The van der Waals surface area contributed by atoms with Crippen molar-refractivity contribution in [2.45, 2.75) is 17.7 Å². The first kappa shape index (κ1) is 23.3. The number of amides is 1. The van der Waals surface area contributed by atoms with Crippen molar-refractivity contribution >= 4 is 44.9 Å². The summed E-state index contributed by atoms with van der Waals surface area (Å²) in [6, 6.07) is 19.0. The molecular weight excluding hydrogens is 452 g/mol. The van der Waals surface area contributed by atoms with E-state index in [1.54, 1.807) is 67.7 Å². The first-order valence-electron chi connectivity index (χ1n) is 9.63. The van der Waals surface area contributed by atoms with Crippen LogP contribution in [0.2, 0.25) is 5.02 Å². The van der Waals surface area contributed by atoms with Crippen molar-refractivity contribution in [3.8, 4) is 0 Å². The molecule has 0 atom stereocenters. The molecular formula is C23H21ClN2O5S. The highest BCUT2D eigenvalue weighted by Crippen LogP contribution is 2.22. The van der Waals surface area contributed by atoms with Gasteiger partial charge in [-0.25, -0.2) is 8.42 Å². The Morgan fingerprint density at radius 2 is 1.53 bits per heavy atom. The number of aliphatic carboxylic acids is 1. The summed E-state index contributed by atoms with van der Waals surface area (Å²) in [5.74, 6) is -1.13. The number of carbonyl (C=O) groups excluding carboxylic acids is 1. The zero-order valence-corrected chi connectivity index (χ0v) is 18.7. The molecule has 3 aromatic rings. The molecule has 166 valence electrons. The van der Waals surface area contributed by atoms with E-state index in [4.69, 9.17) is 16.7 Å². The van der Waals surface area contributed by atoms with Gasteiger partial charge >= 0.3 is 5.97 Å². The van der Waals surface area contributed by atoms with Gasteiger partial charge in [-0.05, 0) is 72.6 Å². The molecule has 0 fully saturated rings. The zero-order chi connectivity index (χ0) is 23.3. The second kappa shape index (κ2) is 9.84. The smallest absolute Gasteiger partial charge is 0.303 e. The Kier molecular flexibility index (Phi) is 7.17. The van der Waals surface area contributed by atoms with Crippen LogP contribution in [0.1, 0.15) is 22.3 Å². The van der Waals surface area contributed by atoms with Crippen molar-refractivity contribution in [3.63, 3.8) is 0 Å². The van der Waals surface area contributed by atoms with Crippen LogP contribution >= 0.6 is 11.6 Å². The molecule has 3 rings (SSSR count). The minimum absolute atomic E-state index is 0.0222. The molecule has 0 unspecified atom stereocenters. The lowest BCUT2D eigenvalue weighted by Gasteiger charge is -2.18. The highest BCUT2D eigenvalue weighted by atomic mass is 35.5. The third kappa shape index (κ3) is 5.87. The van der Waals surface area contributed by atoms with Gasteiger partial charge in [0.05, 0.1) is 4.90 Å². The fourth-order valence-corrected chi connectivity index (χ4v) is 4.14. The molecule has 0 spiro atoms. The molecule has 0 saturated heterocycles. The molecule has 0 saturated carbocycles. The topological polar surface area (TPSA) is 104 Å². The number of hydrogen-bond donors (Lipinski definition) is 2. The maximum Gasteiger partial charge on any atom is 0.303 e. The number of aryl methyl sites for hydroxylation is 1. The van der Waals surface area contributed by atoms with Crippen LogP contribution < -0.4 is 9.62 Å². The number of nitrogens with one attached hydrogen (secondary N) is 1. The fourth-order valence-electron chi connectivity index (χ4n) is 2.96. The predicted molar refractivity (Wildman–Crippen MR) is 124 cm³/mol. The molecule has 2 N–H and O–H groups in total. The summed E-state index contributed by atoms with van der Waals surface area (Å²) < 4.78 is 27.8. The SMILES string of the molecule is CN(C(=O)c1ccc(Cl)cc1)c1ccc(NS(=O)(=O)c2ccc(CCC(=O)O)cc2)cc1. The van der Waals surface area contributed by atoms with E-state index in [0.29, 0.717) is 28.4 Å². The van der Waals surface area contributed by atoms with Crippen LogP contribution in [-0.4, -0.2) is 32.4 Å². The molecule has 0 bridgehead atoms. The molecule has 7 nitrogen and oxygen atoms in total. The van der Waals surface area contributed by atoms with Gasteiger partial charge in [-0.2, -0.15) is 0 Å². The Morgan fingerprint density at radius 3 is 2.09 bits per heavy atom. The van der Waals surface area contributed by atoms with Crippen LogP contribution in [0.5, 0.6) is 0 Å². The van der Waals surface area contributed by atoms with Gasteiger partial charge in [0.1, 0.15) is 0 Å². The van der Waals surface area contributed by atoms with Gasteiger partial charge in [0.2, 0.25) is 0 Å². The van der Waals surface area contributed by atoms with Crippen molar-refractivity contribution in [1.29, 1.82) is 0 Å². The number of benzene rings is 3. The maximum absolute atomic E-state index is 12.6. The standard InChI is InChI=1S/C23H21ClN2O5S/c1-26(23(29)17-5-7-18(24)8-6-17)20-11-9-19(10-12-20)25-32(30,31)21-13-2-16(3-14-21)4-15-22(27)28/h2-3,5-14,25H,4,15H2,1H3,(H,27,28). The molecule has 0 aliphatic rings. The monoisotopic (exact) mass is 472 g/mol. The van der Waals surface area contributed by atoms with E-state index in [1.807, 2.05) is 0 Å². The van der Waals surface area contributed by atoms with Crippen LogP contribution in [0.4, 0.5) is 11.4 Å². The average Bonchev–Trinajstić information content (AvgIpc) is 2.78. The van der Waals surface area contributed by atoms with Crippen molar-refractivity contribution in [2.75, 3.05) is 16.7 Å². The van der Waals surface area contributed by atoms with Crippen molar-refractivity contribution in [3.05, 3.63) is 88.9 Å². The summed E-state index contributed by atoms with van der Waals surface area (Å²) in [5, 5.41) is 9.28. The van der Waals surface area contributed by atoms with Crippen LogP contribution in [0, 0.1) is 0 Å². The van der Waals surface area contributed by atoms with E-state index in [2.05, 4.69) is 4.72 Å². The largest absolute Gasteiger partial charge is 0.481 e. The van der Waals surface area contributed by atoms with E-state index >= 15 is 0 Å². The average molecular weight is 473 g/mol. The lowest BCUT2D eigenvalue weighted by atomic mass is 10.1. The molecule has 9 heteroatoms. The number of carboxylic acid groups (broad SMARTS) is 1. The van der Waals surface area contributed by atoms with Crippen LogP contribution in [0.25, 0.3) is 0 Å². The summed E-state index contributed by atoms with van der Waals surface area (Å²) in [5.41, 5.74) is 2.16. The van der Waals surface area contributed by atoms with Gasteiger partial charge in [0.25, 0.3) is 15.9 Å². The third-order valence-electron chi connectivity index (χ3n) is 4.76. The van der Waals surface area contributed by atoms with Crippen molar-refractivity contribution in [1.82, 2.24) is 0 Å². The number of anilines is 2. The Morgan fingerprint density at radius 1 is 0.938 bits per heavy atom. The fraction of sp³-hybridized carbons (Fsp3) is 0.130. The molecule has 0 aliphatic carbocycles. The van der Waals surface area contributed by atoms with E-state index < -0.39 is 16.0 Å². The number of rotatable bonds is 8. The number of sulfonamides is 1. The van der Waals surface area contributed by atoms with Crippen LogP contribution in [-0.2, 0) is 21.2 Å². The van der Waals surface area contributed by atoms with Crippen LogP contribution in [0.15, 0.2) is 77.7 Å². The van der Waals surface area contributed by atoms with E-state index in [0.717, 1.165) is 5.56 Å². The van der Waals surface area contributed by atoms with Gasteiger partial charge in [-0.1, -0.05) is 23.7 Å². The van der Waals surface area contributed by atoms with E-state index in [1.165, 1.54) is 17.0 Å². The predicted octanol–water partition coefficient (Wildman–Crippen LogP) is 4.43. The molecule has 0 radical (unpaired) electrons. The summed E-state index contributed by atoms with van der Waals surface area (Å²) in [4.78, 5) is 24.8. The normalized spacial score (nSPS) is 11.1. The first-order valence-corrected chi connectivity index (χ1v) is 11.5. The van der Waals surface area contributed by atoms with Gasteiger partial charge in [0, 0.05) is 35.4 Å². The second-order valence-electron chi connectivity index (χ2n) is 7.06. The van der Waals surface area contributed by atoms with E-state index in [-0.39, 0.29) is 17.2 Å². The Balaban J connectivity index is 1.68. The maximum atomic E-state index is 12.6. The minimum Gasteiger partial charge on any atom is -0.481 e. The Bertz CT molecular complexity index is 1210. The summed E-state index contributed by atoms with van der Waals surface area (Å²) in [7, 11) is -2.19. The quantitative estimate of drug-likeness (QED) is 0.504. The molecule has 3 aromatic carbocycles. The lowest BCUT2D eigenvalue weighted by molar-refractivity contribution is -0.136. The first-order chi connectivity index (χ1) is 15.2. The molecule has 1 amide bonds. The summed E-state index contributed by atoms with van der Waals surface area (Å²) in [6.07, 6.45) is 0.304. The molecule has 32 heavy (non-hydrogen) atoms. The molecule has 0 aliphatic heterocycles. The third-order valence-corrected chi connectivity index (χ3v) is 6.41. The summed E-state index contributed by atoms with van der Waals surface area (Å²) >= 11 is 5.86. The van der Waals surface area contributed by atoms with Gasteiger partial charge in [-0.15, -0.1) is 0 Å². The van der Waals surface area contributed by atoms with Crippen molar-refractivity contribution < 1.29 is 23.1 Å². The van der Waals surface area contributed by atoms with Gasteiger partial charge < -0.3 is 10.0 Å². The number of halogens is 1. The van der Waals surface area contributed by atoms with Crippen molar-refractivity contribution in [2.24, 2.45) is 0 Å². The number of carboxylic acids is 1. The summed E-state index contributed by atoms with van der Waals surface area (Å²) in [6.45, 7) is 0. The number of hydrogen-bond acceptors (Lipinski definition) is 4. The molecule has 0 aromatic heterocycles. The Hall–Kier alpha value is -3.36. The molecule has 0 heterocycles. The van der Waals surface area contributed by atoms with Gasteiger partial charge in [0.15, 0.2) is 0 Å². The Labute approximate surface area is 191 Å². The zero-order valence-electron chi connectivity index (χ0n) is 17.2. The van der Waals surface area contributed by atoms with Gasteiger partial charge in [-0.3, -0.25) is 14.3 Å². The van der Waals surface area contributed by atoms with Crippen LogP contribution in [0.3, 0.4) is 0 Å². The second-order valence-corrected chi connectivity index (χ2v) is 9.18. The lowest BCUT2D eigenvalue weighted by Crippen LogP contribution is -2.26. The highest BCUT2D eigenvalue weighted by molar-refractivity contribution is 7.92. The minimum atomic E-state index is -3.82. The number of nitrogens with zero attached hydrogens (tertiary/aromatic N) is 1. The highest BCUT2D eigenvalue weighted by Gasteiger charge is 2.16.